The van der Waals surface area contributed by atoms with Crippen molar-refractivity contribution in [2.45, 2.75) is 6.54 Å². The summed E-state index contributed by atoms with van der Waals surface area (Å²) in [5, 5.41) is 6.68. The maximum atomic E-state index is 5.70. The predicted molar refractivity (Wildman–Crippen MR) is 125 cm³/mol. The van der Waals surface area contributed by atoms with Gasteiger partial charge in [0.25, 0.3) is 0 Å². The van der Waals surface area contributed by atoms with Crippen LogP contribution in [-0.4, -0.2) is 52.5 Å². The molecule has 0 spiro atoms. The number of para-hydroxylation sites is 2. The number of morpholine rings is 1. The summed E-state index contributed by atoms with van der Waals surface area (Å²) >= 11 is 0. The van der Waals surface area contributed by atoms with E-state index in [9.17, 15) is 0 Å². The summed E-state index contributed by atoms with van der Waals surface area (Å²) in [5.74, 6) is 1.64. The van der Waals surface area contributed by atoms with Crippen LogP contribution >= 0.6 is 24.0 Å². The molecule has 28 heavy (non-hydrogen) atoms. The number of nitrogens with zero attached hydrogens (tertiary/aromatic N) is 2. The molecule has 2 aromatic rings. The second-order valence-electron chi connectivity index (χ2n) is 6.24. The van der Waals surface area contributed by atoms with Crippen molar-refractivity contribution in [2.75, 3.05) is 51.4 Å². The lowest BCUT2D eigenvalue weighted by Crippen LogP contribution is -2.40. The summed E-state index contributed by atoms with van der Waals surface area (Å²) in [6.45, 7) is 5.40. The Morgan fingerprint density at radius 1 is 1.04 bits per heavy atom. The molecule has 0 bridgehead atoms. The highest BCUT2D eigenvalue weighted by Gasteiger charge is 2.14. The normalized spacial score (nSPS) is 14.2. The summed E-state index contributed by atoms with van der Waals surface area (Å²) < 4.78 is 11.2. The molecule has 0 aromatic heterocycles. The zero-order valence-corrected chi connectivity index (χ0v) is 18.6. The molecule has 152 valence electrons. The van der Waals surface area contributed by atoms with E-state index in [4.69, 9.17) is 9.47 Å². The second-order valence-corrected chi connectivity index (χ2v) is 6.24. The van der Waals surface area contributed by atoms with Crippen LogP contribution in [0.3, 0.4) is 0 Å². The first-order valence-corrected chi connectivity index (χ1v) is 9.40. The van der Waals surface area contributed by atoms with Crippen LogP contribution in [0.2, 0.25) is 0 Å². The zero-order valence-electron chi connectivity index (χ0n) is 16.3. The minimum atomic E-state index is 0. The van der Waals surface area contributed by atoms with E-state index in [1.807, 2.05) is 30.3 Å². The fourth-order valence-electron chi connectivity index (χ4n) is 3.03. The summed E-state index contributed by atoms with van der Waals surface area (Å²) in [6, 6.07) is 18.3. The number of ether oxygens (including phenoxy) is 2. The van der Waals surface area contributed by atoms with Crippen LogP contribution in [0.5, 0.6) is 5.75 Å². The molecular weight excluding hydrogens is 467 g/mol. The molecule has 6 nitrogen and oxygen atoms in total. The lowest BCUT2D eigenvalue weighted by molar-refractivity contribution is 0.122. The number of hydrogen-bond acceptors (Lipinski definition) is 4. The van der Waals surface area contributed by atoms with Gasteiger partial charge in [-0.1, -0.05) is 36.4 Å². The first-order chi connectivity index (χ1) is 13.4. The van der Waals surface area contributed by atoms with E-state index >= 15 is 0 Å². The number of benzene rings is 2. The maximum absolute atomic E-state index is 5.70. The van der Waals surface area contributed by atoms with Crippen molar-refractivity contribution in [3.8, 4) is 5.75 Å². The van der Waals surface area contributed by atoms with E-state index in [2.05, 4.69) is 44.8 Å². The lowest BCUT2D eigenvalue weighted by atomic mass is 10.1. The Bertz CT molecular complexity index is 721. The van der Waals surface area contributed by atoms with Gasteiger partial charge < -0.3 is 25.0 Å². The highest BCUT2D eigenvalue weighted by atomic mass is 127. The number of hydrogen-bond donors (Lipinski definition) is 2. The van der Waals surface area contributed by atoms with Crippen LogP contribution in [0.4, 0.5) is 5.69 Å². The Morgan fingerprint density at radius 3 is 2.50 bits per heavy atom. The van der Waals surface area contributed by atoms with Gasteiger partial charge in [0.15, 0.2) is 5.96 Å². The van der Waals surface area contributed by atoms with Crippen LogP contribution in [0.1, 0.15) is 5.56 Å². The molecule has 1 aliphatic rings. The minimum absolute atomic E-state index is 0. The molecule has 1 saturated heterocycles. The maximum Gasteiger partial charge on any atom is 0.191 e. The third-order valence-electron chi connectivity index (χ3n) is 4.42. The van der Waals surface area contributed by atoms with Gasteiger partial charge in [-0.05, 0) is 23.8 Å². The quantitative estimate of drug-likeness (QED) is 0.267. The van der Waals surface area contributed by atoms with Gasteiger partial charge in [0, 0.05) is 32.4 Å². The molecule has 7 heteroatoms. The van der Waals surface area contributed by atoms with Crippen molar-refractivity contribution in [2.24, 2.45) is 4.99 Å². The van der Waals surface area contributed by atoms with E-state index < -0.39 is 0 Å². The van der Waals surface area contributed by atoms with Crippen molar-refractivity contribution < 1.29 is 9.47 Å². The second kappa shape index (κ2) is 12.5. The fourth-order valence-corrected chi connectivity index (χ4v) is 3.03. The smallest absolute Gasteiger partial charge is 0.191 e. The highest BCUT2D eigenvalue weighted by Crippen LogP contribution is 2.21. The Kier molecular flexibility index (Phi) is 9.92. The molecule has 0 radical (unpaired) electrons. The molecule has 2 aromatic carbocycles. The minimum Gasteiger partial charge on any atom is -0.492 e. The van der Waals surface area contributed by atoms with Crippen molar-refractivity contribution >= 4 is 35.6 Å². The average molecular weight is 496 g/mol. The van der Waals surface area contributed by atoms with Gasteiger partial charge in [0.1, 0.15) is 12.4 Å². The largest absolute Gasteiger partial charge is 0.492 e. The van der Waals surface area contributed by atoms with Crippen LogP contribution in [0.25, 0.3) is 0 Å². The first kappa shape index (κ1) is 22.3. The van der Waals surface area contributed by atoms with Gasteiger partial charge in [0.2, 0.25) is 0 Å². The molecule has 0 unspecified atom stereocenters. The van der Waals surface area contributed by atoms with E-state index in [0.717, 1.165) is 38.0 Å². The van der Waals surface area contributed by atoms with Gasteiger partial charge in [-0.15, -0.1) is 24.0 Å². The third kappa shape index (κ3) is 6.87. The van der Waals surface area contributed by atoms with E-state index in [-0.39, 0.29) is 24.0 Å². The van der Waals surface area contributed by atoms with Crippen molar-refractivity contribution in [1.29, 1.82) is 0 Å². The van der Waals surface area contributed by atoms with E-state index in [1.165, 1.54) is 11.3 Å². The van der Waals surface area contributed by atoms with Crippen LogP contribution < -0.4 is 20.3 Å². The lowest BCUT2D eigenvalue weighted by Gasteiger charge is -2.30. The molecule has 0 atom stereocenters. The molecule has 2 N–H and O–H groups in total. The summed E-state index contributed by atoms with van der Waals surface area (Å²) in [6.07, 6.45) is 0. The Morgan fingerprint density at radius 2 is 1.75 bits per heavy atom. The number of anilines is 1. The molecule has 3 rings (SSSR count). The molecule has 0 amide bonds. The number of aliphatic imine (C=N–C) groups is 1. The fraction of sp³-hybridized carbons (Fsp3) is 0.381. The molecular formula is C21H29IN4O2. The number of guanidine groups is 1. The first-order valence-electron chi connectivity index (χ1n) is 9.40. The van der Waals surface area contributed by atoms with Gasteiger partial charge in [-0.2, -0.15) is 0 Å². The van der Waals surface area contributed by atoms with E-state index in [0.29, 0.717) is 19.7 Å². The van der Waals surface area contributed by atoms with Gasteiger partial charge in [0.05, 0.1) is 19.8 Å². The zero-order chi connectivity index (χ0) is 18.7. The topological polar surface area (TPSA) is 58.1 Å². The summed E-state index contributed by atoms with van der Waals surface area (Å²) in [7, 11) is 1.78. The Hall–Kier alpha value is -2.00. The molecule has 0 saturated carbocycles. The van der Waals surface area contributed by atoms with Crippen molar-refractivity contribution in [1.82, 2.24) is 10.6 Å². The molecule has 0 aliphatic carbocycles. The average Bonchev–Trinajstić information content (AvgIpc) is 2.75. The number of rotatable bonds is 7. The molecule has 1 aliphatic heterocycles. The SMILES string of the molecule is CN=C(NCCOc1ccccc1)NCc1ccccc1N1CCOCC1.I. The monoisotopic (exact) mass is 496 g/mol. The standard InChI is InChI=1S/C21H28N4O2.HI/c1-22-21(23-11-14-27-19-8-3-2-4-9-19)24-17-18-7-5-6-10-20(18)25-12-15-26-16-13-25;/h2-10H,11-17H2,1H3,(H2,22,23,24);1H. The number of halogens is 1. The Labute approximate surface area is 184 Å². The third-order valence-corrected chi connectivity index (χ3v) is 4.42. The van der Waals surface area contributed by atoms with E-state index in [1.54, 1.807) is 7.05 Å². The highest BCUT2D eigenvalue weighted by molar-refractivity contribution is 14.0. The molecule has 1 heterocycles. The van der Waals surface area contributed by atoms with Gasteiger partial charge >= 0.3 is 0 Å². The summed E-state index contributed by atoms with van der Waals surface area (Å²) in [4.78, 5) is 6.67. The van der Waals surface area contributed by atoms with Crippen molar-refractivity contribution in [3.05, 3.63) is 60.2 Å². The predicted octanol–water partition coefficient (Wildman–Crippen LogP) is 2.89. The summed E-state index contributed by atoms with van der Waals surface area (Å²) in [5.41, 5.74) is 2.51. The Balaban J connectivity index is 0.00000280. The van der Waals surface area contributed by atoms with Gasteiger partial charge in [-0.25, -0.2) is 0 Å². The molecule has 1 fully saturated rings. The van der Waals surface area contributed by atoms with Crippen LogP contribution in [-0.2, 0) is 11.3 Å². The van der Waals surface area contributed by atoms with Gasteiger partial charge in [-0.3, -0.25) is 4.99 Å². The van der Waals surface area contributed by atoms with Crippen molar-refractivity contribution in [3.63, 3.8) is 0 Å². The van der Waals surface area contributed by atoms with Crippen LogP contribution in [0.15, 0.2) is 59.6 Å². The van der Waals surface area contributed by atoms with Crippen LogP contribution in [0, 0.1) is 0 Å². The number of nitrogens with one attached hydrogen (secondary N) is 2.